The zero-order chi connectivity index (χ0) is 18.5. The molecule has 1 amide bonds. The maximum Gasteiger partial charge on any atom is 0.225 e. The molecule has 9 heteroatoms. The minimum Gasteiger partial charge on any atom is -0.357 e. The lowest BCUT2D eigenvalue weighted by Gasteiger charge is -2.20. The number of aliphatic imine (C=N–C) groups is 1. The third kappa shape index (κ3) is 5.55. The molecule has 0 aliphatic carbocycles. The van der Waals surface area contributed by atoms with Gasteiger partial charge in [0.25, 0.3) is 0 Å². The number of aryl methyl sites for hydroxylation is 1. The van der Waals surface area contributed by atoms with Gasteiger partial charge in [0.1, 0.15) is 12.4 Å². The van der Waals surface area contributed by atoms with Crippen LogP contribution in [-0.4, -0.2) is 57.2 Å². The summed E-state index contributed by atoms with van der Waals surface area (Å²) in [5.41, 5.74) is 0. The van der Waals surface area contributed by atoms with Crippen LogP contribution in [0.2, 0.25) is 0 Å². The van der Waals surface area contributed by atoms with Crippen LogP contribution in [0.25, 0.3) is 0 Å². The van der Waals surface area contributed by atoms with Crippen LogP contribution in [0.1, 0.15) is 51.7 Å². The second-order valence-electron chi connectivity index (χ2n) is 7.41. The van der Waals surface area contributed by atoms with E-state index in [0.29, 0.717) is 6.54 Å². The highest BCUT2D eigenvalue weighted by Crippen LogP contribution is 2.15. The molecule has 2 N–H and O–H groups in total. The Kier molecular flexibility index (Phi) is 8.30. The Morgan fingerprint density at radius 3 is 2.85 bits per heavy atom. The number of aromatic nitrogens is 3. The van der Waals surface area contributed by atoms with E-state index in [1.807, 2.05) is 18.7 Å². The van der Waals surface area contributed by atoms with Gasteiger partial charge in [-0.05, 0) is 26.2 Å². The topological polar surface area (TPSA) is 87.4 Å². The Morgan fingerprint density at radius 2 is 2.11 bits per heavy atom. The van der Waals surface area contributed by atoms with Crippen LogP contribution in [0.3, 0.4) is 0 Å². The van der Waals surface area contributed by atoms with Crippen LogP contribution < -0.4 is 10.6 Å². The van der Waals surface area contributed by atoms with Gasteiger partial charge in [-0.1, -0.05) is 13.8 Å². The Morgan fingerprint density at radius 1 is 1.30 bits per heavy atom. The van der Waals surface area contributed by atoms with Crippen LogP contribution in [0.4, 0.5) is 0 Å². The molecule has 1 saturated heterocycles. The molecule has 2 aliphatic rings. The predicted octanol–water partition coefficient (Wildman–Crippen LogP) is 1.54. The summed E-state index contributed by atoms with van der Waals surface area (Å²) < 4.78 is 2.20. The number of nitrogens with zero attached hydrogens (tertiary/aromatic N) is 5. The summed E-state index contributed by atoms with van der Waals surface area (Å²) in [7, 11) is 0. The van der Waals surface area contributed by atoms with E-state index in [9.17, 15) is 4.79 Å². The van der Waals surface area contributed by atoms with E-state index in [2.05, 4.69) is 32.3 Å². The molecule has 0 aromatic carbocycles. The molecule has 152 valence electrons. The molecule has 1 fully saturated rings. The van der Waals surface area contributed by atoms with E-state index in [0.717, 1.165) is 56.6 Å². The first-order valence-electron chi connectivity index (χ1n) is 9.83. The lowest BCUT2D eigenvalue weighted by molar-refractivity contribution is -0.133. The fraction of sp³-hybridized carbons (Fsp3) is 0.778. The average Bonchev–Trinajstić information content (AvgIpc) is 3.26. The van der Waals surface area contributed by atoms with Crippen molar-refractivity contribution < 1.29 is 4.79 Å². The van der Waals surface area contributed by atoms with Gasteiger partial charge in [0, 0.05) is 44.6 Å². The van der Waals surface area contributed by atoms with Crippen molar-refractivity contribution in [2.45, 2.75) is 65.6 Å². The molecule has 0 spiro atoms. The Labute approximate surface area is 178 Å². The van der Waals surface area contributed by atoms with Crippen molar-refractivity contribution in [1.29, 1.82) is 0 Å². The molecule has 3 rings (SSSR count). The minimum atomic E-state index is 0. The fourth-order valence-corrected chi connectivity index (χ4v) is 3.59. The number of halogens is 1. The summed E-state index contributed by atoms with van der Waals surface area (Å²) in [6, 6.07) is 0.239. The summed E-state index contributed by atoms with van der Waals surface area (Å²) in [5.74, 6) is 3.07. The number of carbonyl (C=O) groups excluding carboxylic acids is 1. The van der Waals surface area contributed by atoms with Crippen molar-refractivity contribution in [3.05, 3.63) is 11.6 Å². The average molecular weight is 489 g/mol. The first-order valence-corrected chi connectivity index (χ1v) is 9.83. The quantitative estimate of drug-likeness (QED) is 0.373. The van der Waals surface area contributed by atoms with Crippen LogP contribution in [0.15, 0.2) is 4.99 Å². The van der Waals surface area contributed by atoms with Gasteiger partial charge in [0.2, 0.25) is 5.91 Å². The third-order valence-corrected chi connectivity index (χ3v) is 4.99. The van der Waals surface area contributed by atoms with Crippen LogP contribution in [-0.2, 0) is 24.3 Å². The molecule has 1 aromatic rings. The Balaban J connectivity index is 0.00000261. The number of likely N-dealkylation sites (tertiary alicyclic amines) is 1. The zero-order valence-corrected chi connectivity index (χ0v) is 18.9. The summed E-state index contributed by atoms with van der Waals surface area (Å²) in [5, 5.41) is 15.4. The van der Waals surface area contributed by atoms with Crippen molar-refractivity contribution in [3.63, 3.8) is 0 Å². The molecule has 0 saturated carbocycles. The summed E-state index contributed by atoms with van der Waals surface area (Å²) >= 11 is 0. The van der Waals surface area contributed by atoms with Crippen LogP contribution in [0.5, 0.6) is 0 Å². The van der Waals surface area contributed by atoms with E-state index in [1.165, 1.54) is 12.8 Å². The SMILES string of the molecule is CCNC(=NCc1nnc2n1CCCC2)NC1CCN(C(=O)C(C)C)C1.I. The molecular weight excluding hydrogens is 457 g/mol. The van der Waals surface area contributed by atoms with Gasteiger partial charge < -0.3 is 20.1 Å². The van der Waals surface area contributed by atoms with E-state index >= 15 is 0 Å². The summed E-state index contributed by atoms with van der Waals surface area (Å²) in [4.78, 5) is 18.8. The van der Waals surface area contributed by atoms with Gasteiger partial charge in [-0.15, -0.1) is 34.2 Å². The molecule has 0 radical (unpaired) electrons. The molecular formula is C18H32IN7O. The van der Waals surface area contributed by atoms with E-state index in [4.69, 9.17) is 4.99 Å². The van der Waals surface area contributed by atoms with Crippen molar-refractivity contribution in [2.24, 2.45) is 10.9 Å². The first kappa shape index (κ1) is 21.9. The number of hydrogen-bond acceptors (Lipinski definition) is 4. The van der Waals surface area contributed by atoms with Crippen LogP contribution >= 0.6 is 24.0 Å². The van der Waals surface area contributed by atoms with Gasteiger partial charge in [0.15, 0.2) is 11.8 Å². The number of amides is 1. The second kappa shape index (κ2) is 10.2. The predicted molar refractivity (Wildman–Crippen MR) is 116 cm³/mol. The standard InChI is InChI=1S/C18H31N7O.HI/c1-4-19-18(21-14-8-10-24(12-14)17(26)13(2)3)20-11-16-23-22-15-7-5-6-9-25(15)16;/h13-14H,4-12H2,1-3H3,(H2,19,20,21);1H. The number of hydrogen-bond donors (Lipinski definition) is 2. The molecule has 1 unspecified atom stereocenters. The number of guanidine groups is 1. The molecule has 3 heterocycles. The number of nitrogens with one attached hydrogen (secondary N) is 2. The Hall–Kier alpha value is -1.39. The molecule has 0 bridgehead atoms. The normalized spacial score (nSPS) is 19.6. The van der Waals surface area contributed by atoms with Gasteiger partial charge in [-0.25, -0.2) is 4.99 Å². The molecule has 1 aromatic heterocycles. The van der Waals surface area contributed by atoms with Crippen molar-refractivity contribution in [3.8, 4) is 0 Å². The molecule has 1 atom stereocenters. The fourth-order valence-electron chi connectivity index (χ4n) is 3.59. The van der Waals surface area contributed by atoms with Gasteiger partial charge >= 0.3 is 0 Å². The molecule has 27 heavy (non-hydrogen) atoms. The van der Waals surface area contributed by atoms with E-state index in [1.54, 1.807) is 0 Å². The van der Waals surface area contributed by atoms with Crippen molar-refractivity contribution >= 4 is 35.8 Å². The van der Waals surface area contributed by atoms with Gasteiger partial charge in [0.05, 0.1) is 0 Å². The highest BCUT2D eigenvalue weighted by Gasteiger charge is 2.28. The highest BCUT2D eigenvalue weighted by atomic mass is 127. The number of rotatable bonds is 5. The number of carbonyl (C=O) groups is 1. The lowest BCUT2D eigenvalue weighted by Crippen LogP contribution is -2.45. The monoisotopic (exact) mass is 489 g/mol. The molecule has 8 nitrogen and oxygen atoms in total. The number of fused-ring (bicyclic) bond motifs is 1. The third-order valence-electron chi connectivity index (χ3n) is 4.99. The minimum absolute atomic E-state index is 0. The molecule has 2 aliphatic heterocycles. The summed E-state index contributed by atoms with van der Waals surface area (Å²) in [6.07, 6.45) is 4.33. The van der Waals surface area contributed by atoms with Crippen molar-refractivity contribution in [1.82, 2.24) is 30.3 Å². The smallest absolute Gasteiger partial charge is 0.225 e. The van der Waals surface area contributed by atoms with Crippen molar-refractivity contribution in [2.75, 3.05) is 19.6 Å². The van der Waals surface area contributed by atoms with Gasteiger partial charge in [-0.2, -0.15) is 0 Å². The lowest BCUT2D eigenvalue weighted by atomic mass is 10.2. The largest absolute Gasteiger partial charge is 0.357 e. The highest BCUT2D eigenvalue weighted by molar-refractivity contribution is 14.0. The second-order valence-corrected chi connectivity index (χ2v) is 7.41. The Bertz CT molecular complexity index is 658. The van der Waals surface area contributed by atoms with Crippen LogP contribution in [0, 0.1) is 5.92 Å². The maximum absolute atomic E-state index is 12.2. The van der Waals surface area contributed by atoms with Gasteiger partial charge in [-0.3, -0.25) is 4.79 Å². The van der Waals surface area contributed by atoms with E-state index < -0.39 is 0 Å². The maximum atomic E-state index is 12.2. The zero-order valence-electron chi connectivity index (χ0n) is 16.6. The first-order chi connectivity index (χ1) is 12.6. The van der Waals surface area contributed by atoms with E-state index in [-0.39, 0.29) is 41.8 Å². The summed E-state index contributed by atoms with van der Waals surface area (Å²) in [6.45, 7) is 9.81.